The average Bonchev–Trinajstić information content (AvgIpc) is 2.32. The van der Waals surface area contributed by atoms with Crippen molar-refractivity contribution in [3.05, 3.63) is 29.0 Å². The maximum absolute atomic E-state index is 13.0. The Morgan fingerprint density at radius 3 is 2.55 bits per heavy atom. The summed E-state index contributed by atoms with van der Waals surface area (Å²) in [7, 11) is 0. The number of hydrogen-bond donors (Lipinski definition) is 1. The molecule has 0 saturated heterocycles. The maximum Gasteiger partial charge on any atom is 0.330 e. The second-order valence-corrected chi connectivity index (χ2v) is 4.51. The summed E-state index contributed by atoms with van der Waals surface area (Å²) < 4.78 is 23.7. The molecule has 6 nitrogen and oxygen atoms in total. The van der Waals surface area contributed by atoms with Crippen molar-refractivity contribution in [2.75, 3.05) is 5.73 Å². The van der Waals surface area contributed by atoms with Crippen LogP contribution in [0.3, 0.4) is 0 Å². The molecule has 0 aliphatic carbocycles. The second-order valence-electron chi connectivity index (χ2n) is 4.10. The van der Waals surface area contributed by atoms with Gasteiger partial charge in [-0.2, -0.15) is 9.97 Å². The van der Waals surface area contributed by atoms with Crippen molar-refractivity contribution in [2.24, 2.45) is 0 Å². The van der Waals surface area contributed by atoms with Crippen LogP contribution in [0.1, 0.15) is 13.8 Å². The van der Waals surface area contributed by atoms with Gasteiger partial charge in [-0.15, -0.1) is 4.98 Å². The zero-order chi connectivity index (χ0) is 14.7. The summed E-state index contributed by atoms with van der Waals surface area (Å²) in [6.07, 6.45) is -0.120. The molecule has 0 radical (unpaired) electrons. The fraction of sp³-hybridized carbons (Fsp3) is 0.250. The standard InChI is InChI=1S/C12H12ClFN4O2/c1-6(2)19-11-16-10(15)17-12(18-11)20-7-3-4-9(14)8(13)5-7/h3-6H,1-2H3,(H2,15,16,17,18). The van der Waals surface area contributed by atoms with Crippen molar-refractivity contribution in [2.45, 2.75) is 20.0 Å². The Bertz CT molecular complexity index is 624. The van der Waals surface area contributed by atoms with Crippen LogP contribution in [0, 0.1) is 5.82 Å². The summed E-state index contributed by atoms with van der Waals surface area (Å²) >= 11 is 5.65. The highest BCUT2D eigenvalue weighted by atomic mass is 35.5. The van der Waals surface area contributed by atoms with E-state index in [1.807, 2.05) is 13.8 Å². The number of rotatable bonds is 4. The monoisotopic (exact) mass is 298 g/mol. The quantitative estimate of drug-likeness (QED) is 0.934. The lowest BCUT2D eigenvalue weighted by atomic mass is 10.3. The minimum atomic E-state index is -0.544. The third-order valence-electron chi connectivity index (χ3n) is 2.05. The maximum atomic E-state index is 13.0. The van der Waals surface area contributed by atoms with Crippen molar-refractivity contribution in [3.8, 4) is 17.8 Å². The van der Waals surface area contributed by atoms with E-state index in [0.29, 0.717) is 0 Å². The molecule has 0 fully saturated rings. The van der Waals surface area contributed by atoms with Gasteiger partial charge in [0.1, 0.15) is 11.6 Å². The molecule has 1 aromatic carbocycles. The Labute approximate surface area is 119 Å². The van der Waals surface area contributed by atoms with Crippen LogP contribution >= 0.6 is 11.6 Å². The van der Waals surface area contributed by atoms with Gasteiger partial charge >= 0.3 is 12.0 Å². The Morgan fingerprint density at radius 2 is 1.90 bits per heavy atom. The molecule has 0 unspecified atom stereocenters. The van der Waals surface area contributed by atoms with E-state index in [2.05, 4.69) is 15.0 Å². The number of nitrogens with zero attached hydrogens (tertiary/aromatic N) is 3. The van der Waals surface area contributed by atoms with Gasteiger partial charge in [0.2, 0.25) is 5.95 Å². The van der Waals surface area contributed by atoms with Crippen molar-refractivity contribution >= 4 is 17.5 Å². The fourth-order valence-corrected chi connectivity index (χ4v) is 1.48. The summed E-state index contributed by atoms with van der Waals surface area (Å²) in [6, 6.07) is 3.86. The first-order chi connectivity index (χ1) is 9.44. The molecular weight excluding hydrogens is 287 g/mol. The van der Waals surface area contributed by atoms with E-state index in [1.165, 1.54) is 18.2 Å². The first-order valence-corrected chi connectivity index (χ1v) is 6.13. The molecular formula is C12H12ClFN4O2. The molecule has 0 atom stereocenters. The van der Waals surface area contributed by atoms with Gasteiger partial charge in [-0.1, -0.05) is 11.6 Å². The number of halogens is 2. The molecule has 1 aromatic heterocycles. The van der Waals surface area contributed by atoms with Gasteiger partial charge in [-0.25, -0.2) is 4.39 Å². The number of anilines is 1. The smallest absolute Gasteiger partial charge is 0.330 e. The van der Waals surface area contributed by atoms with Crippen LogP contribution in [0.4, 0.5) is 10.3 Å². The molecule has 1 heterocycles. The summed E-state index contributed by atoms with van der Waals surface area (Å²) in [4.78, 5) is 11.6. The van der Waals surface area contributed by atoms with Crippen LogP contribution in [-0.4, -0.2) is 21.1 Å². The van der Waals surface area contributed by atoms with Gasteiger partial charge in [0, 0.05) is 6.07 Å². The molecule has 106 valence electrons. The van der Waals surface area contributed by atoms with Crippen LogP contribution in [0.5, 0.6) is 17.8 Å². The Hall–Kier alpha value is -2.15. The van der Waals surface area contributed by atoms with Crippen molar-refractivity contribution in [1.82, 2.24) is 15.0 Å². The third-order valence-corrected chi connectivity index (χ3v) is 2.34. The van der Waals surface area contributed by atoms with Crippen LogP contribution in [0.2, 0.25) is 5.02 Å². The fourth-order valence-electron chi connectivity index (χ4n) is 1.31. The van der Waals surface area contributed by atoms with E-state index in [0.717, 1.165) is 0 Å². The van der Waals surface area contributed by atoms with Crippen LogP contribution in [-0.2, 0) is 0 Å². The molecule has 20 heavy (non-hydrogen) atoms. The van der Waals surface area contributed by atoms with Crippen molar-refractivity contribution < 1.29 is 13.9 Å². The van der Waals surface area contributed by atoms with Gasteiger partial charge in [0.25, 0.3) is 0 Å². The van der Waals surface area contributed by atoms with Crippen molar-refractivity contribution in [3.63, 3.8) is 0 Å². The van der Waals surface area contributed by atoms with Gasteiger partial charge in [0.15, 0.2) is 0 Å². The number of hydrogen-bond acceptors (Lipinski definition) is 6. The minimum Gasteiger partial charge on any atom is -0.461 e. The molecule has 0 aliphatic heterocycles. The van der Waals surface area contributed by atoms with Crippen LogP contribution in [0.25, 0.3) is 0 Å². The van der Waals surface area contributed by atoms with Crippen molar-refractivity contribution in [1.29, 1.82) is 0 Å². The molecule has 0 aliphatic rings. The van der Waals surface area contributed by atoms with Gasteiger partial charge in [-0.05, 0) is 26.0 Å². The molecule has 0 amide bonds. The van der Waals surface area contributed by atoms with E-state index in [4.69, 9.17) is 26.8 Å². The summed E-state index contributed by atoms with van der Waals surface area (Å²) in [5, 5.41) is -0.0665. The first-order valence-electron chi connectivity index (χ1n) is 5.75. The van der Waals surface area contributed by atoms with E-state index >= 15 is 0 Å². The lowest BCUT2D eigenvalue weighted by Gasteiger charge is -2.09. The Balaban J connectivity index is 2.24. The molecule has 0 saturated carbocycles. The van der Waals surface area contributed by atoms with E-state index in [-0.39, 0.29) is 34.8 Å². The van der Waals surface area contributed by atoms with Crippen LogP contribution < -0.4 is 15.2 Å². The highest BCUT2D eigenvalue weighted by molar-refractivity contribution is 6.30. The lowest BCUT2D eigenvalue weighted by Crippen LogP contribution is -2.11. The topological polar surface area (TPSA) is 83.2 Å². The highest BCUT2D eigenvalue weighted by Gasteiger charge is 2.10. The zero-order valence-corrected chi connectivity index (χ0v) is 11.6. The van der Waals surface area contributed by atoms with Gasteiger partial charge < -0.3 is 15.2 Å². The van der Waals surface area contributed by atoms with E-state index in [1.54, 1.807) is 0 Å². The normalized spacial score (nSPS) is 10.7. The second kappa shape index (κ2) is 5.87. The SMILES string of the molecule is CC(C)Oc1nc(N)nc(Oc2ccc(F)c(Cl)c2)n1. The number of ether oxygens (including phenoxy) is 2. The van der Waals surface area contributed by atoms with Crippen LogP contribution in [0.15, 0.2) is 18.2 Å². The average molecular weight is 299 g/mol. The highest BCUT2D eigenvalue weighted by Crippen LogP contribution is 2.25. The lowest BCUT2D eigenvalue weighted by molar-refractivity contribution is 0.219. The number of nitrogens with two attached hydrogens (primary N) is 1. The molecule has 0 spiro atoms. The summed E-state index contributed by atoms with van der Waals surface area (Å²) in [5.74, 6) is -0.311. The largest absolute Gasteiger partial charge is 0.461 e. The predicted molar refractivity (Wildman–Crippen MR) is 71.5 cm³/mol. The first kappa shape index (κ1) is 14.3. The number of aromatic nitrogens is 3. The van der Waals surface area contributed by atoms with E-state index < -0.39 is 5.82 Å². The molecule has 2 aromatic rings. The third kappa shape index (κ3) is 3.67. The Kier molecular flexibility index (Phi) is 4.19. The summed E-state index contributed by atoms with van der Waals surface area (Å²) in [6.45, 7) is 3.64. The number of nitrogen functional groups attached to an aromatic ring is 1. The molecule has 2 rings (SSSR count). The summed E-state index contributed by atoms with van der Waals surface area (Å²) in [5.41, 5.74) is 5.53. The molecule has 0 bridgehead atoms. The molecule has 2 N–H and O–H groups in total. The molecule has 8 heteroatoms. The predicted octanol–water partition coefficient (Wildman–Crippen LogP) is 2.83. The Morgan fingerprint density at radius 1 is 1.20 bits per heavy atom. The number of benzene rings is 1. The van der Waals surface area contributed by atoms with Gasteiger partial charge in [0.05, 0.1) is 11.1 Å². The minimum absolute atomic E-state index is 0.0427. The van der Waals surface area contributed by atoms with Gasteiger partial charge in [-0.3, -0.25) is 0 Å². The zero-order valence-electron chi connectivity index (χ0n) is 10.8. The van der Waals surface area contributed by atoms with E-state index in [9.17, 15) is 4.39 Å².